The standard InChI is InChI=1S/C15H32N2O/c1-14(2)12-15(6-3-4-7-15)13-17-9-5-10-18-11-8-16/h14,17H,3-13,16H2,1-2H3. The zero-order valence-electron chi connectivity index (χ0n) is 12.3. The number of hydrogen-bond donors (Lipinski definition) is 2. The molecule has 1 aliphatic carbocycles. The fraction of sp³-hybridized carbons (Fsp3) is 1.00. The first kappa shape index (κ1) is 15.9. The molecule has 0 unspecified atom stereocenters. The molecule has 3 heteroatoms. The summed E-state index contributed by atoms with van der Waals surface area (Å²) in [5.41, 5.74) is 5.96. The van der Waals surface area contributed by atoms with E-state index >= 15 is 0 Å². The third kappa shape index (κ3) is 6.17. The van der Waals surface area contributed by atoms with E-state index in [4.69, 9.17) is 10.5 Å². The number of hydrogen-bond acceptors (Lipinski definition) is 3. The monoisotopic (exact) mass is 256 g/mol. The molecule has 0 atom stereocenters. The van der Waals surface area contributed by atoms with Crippen LogP contribution in [0.1, 0.15) is 52.4 Å². The van der Waals surface area contributed by atoms with E-state index in [1.54, 1.807) is 0 Å². The van der Waals surface area contributed by atoms with Crippen molar-refractivity contribution >= 4 is 0 Å². The van der Waals surface area contributed by atoms with Crippen LogP contribution in [0, 0.1) is 11.3 Å². The lowest BCUT2D eigenvalue weighted by Gasteiger charge is -2.31. The molecular formula is C15H32N2O. The smallest absolute Gasteiger partial charge is 0.0588 e. The first-order valence-corrected chi connectivity index (χ1v) is 7.67. The molecule has 1 aliphatic rings. The molecule has 1 rings (SSSR count). The molecule has 0 amide bonds. The Morgan fingerprint density at radius 2 is 1.94 bits per heavy atom. The highest BCUT2D eigenvalue weighted by Crippen LogP contribution is 2.42. The van der Waals surface area contributed by atoms with Gasteiger partial charge in [-0.05, 0) is 43.6 Å². The number of rotatable bonds is 10. The molecule has 18 heavy (non-hydrogen) atoms. The summed E-state index contributed by atoms with van der Waals surface area (Å²) in [5.74, 6) is 0.817. The third-order valence-electron chi connectivity index (χ3n) is 3.91. The molecule has 108 valence electrons. The highest BCUT2D eigenvalue weighted by atomic mass is 16.5. The van der Waals surface area contributed by atoms with Crippen LogP contribution in [-0.2, 0) is 4.74 Å². The van der Waals surface area contributed by atoms with E-state index in [9.17, 15) is 0 Å². The van der Waals surface area contributed by atoms with E-state index in [1.165, 1.54) is 38.6 Å². The van der Waals surface area contributed by atoms with E-state index in [-0.39, 0.29) is 0 Å². The van der Waals surface area contributed by atoms with Crippen LogP contribution in [0.5, 0.6) is 0 Å². The van der Waals surface area contributed by atoms with Gasteiger partial charge in [0.2, 0.25) is 0 Å². The molecule has 0 radical (unpaired) electrons. The molecule has 0 aliphatic heterocycles. The minimum absolute atomic E-state index is 0.590. The molecule has 0 saturated heterocycles. The summed E-state index contributed by atoms with van der Waals surface area (Å²) in [6.45, 7) is 9.12. The van der Waals surface area contributed by atoms with E-state index in [2.05, 4.69) is 19.2 Å². The molecule has 1 saturated carbocycles. The molecule has 0 heterocycles. The average Bonchev–Trinajstić information content (AvgIpc) is 2.76. The van der Waals surface area contributed by atoms with Gasteiger partial charge in [0.25, 0.3) is 0 Å². The van der Waals surface area contributed by atoms with Crippen LogP contribution in [0.3, 0.4) is 0 Å². The van der Waals surface area contributed by atoms with E-state index < -0.39 is 0 Å². The predicted octanol–water partition coefficient (Wildman–Crippen LogP) is 2.55. The fourth-order valence-corrected chi connectivity index (χ4v) is 3.28. The van der Waals surface area contributed by atoms with Crippen LogP contribution in [-0.4, -0.2) is 32.8 Å². The van der Waals surface area contributed by atoms with Crippen molar-refractivity contribution in [1.29, 1.82) is 0 Å². The van der Waals surface area contributed by atoms with Crippen molar-refractivity contribution in [2.75, 3.05) is 32.8 Å². The van der Waals surface area contributed by atoms with Crippen LogP contribution in [0.4, 0.5) is 0 Å². The summed E-state index contributed by atoms with van der Waals surface area (Å²) < 4.78 is 5.38. The molecule has 3 N–H and O–H groups in total. The first-order valence-electron chi connectivity index (χ1n) is 7.67. The Morgan fingerprint density at radius 1 is 1.22 bits per heavy atom. The average molecular weight is 256 g/mol. The van der Waals surface area contributed by atoms with Crippen LogP contribution >= 0.6 is 0 Å². The van der Waals surface area contributed by atoms with Crippen molar-refractivity contribution < 1.29 is 4.74 Å². The minimum atomic E-state index is 0.590. The fourth-order valence-electron chi connectivity index (χ4n) is 3.28. The molecule has 0 bridgehead atoms. The lowest BCUT2D eigenvalue weighted by atomic mass is 9.78. The van der Waals surface area contributed by atoms with Gasteiger partial charge in [0.1, 0.15) is 0 Å². The van der Waals surface area contributed by atoms with Gasteiger partial charge in [0.15, 0.2) is 0 Å². The van der Waals surface area contributed by atoms with Gasteiger partial charge < -0.3 is 15.8 Å². The summed E-state index contributed by atoms with van der Waals surface area (Å²) in [7, 11) is 0. The maximum absolute atomic E-state index is 5.38. The van der Waals surface area contributed by atoms with Crippen LogP contribution < -0.4 is 11.1 Å². The Morgan fingerprint density at radius 3 is 2.56 bits per heavy atom. The van der Waals surface area contributed by atoms with Crippen LogP contribution in [0.2, 0.25) is 0 Å². The Kier molecular flexibility index (Phi) is 7.87. The molecule has 0 aromatic carbocycles. The molecule has 0 spiro atoms. The second-order valence-electron chi connectivity index (χ2n) is 6.24. The quantitative estimate of drug-likeness (QED) is 0.591. The largest absolute Gasteiger partial charge is 0.380 e. The summed E-state index contributed by atoms with van der Waals surface area (Å²) in [4.78, 5) is 0. The van der Waals surface area contributed by atoms with Gasteiger partial charge in [-0.2, -0.15) is 0 Å². The SMILES string of the molecule is CC(C)CC1(CNCCCOCCN)CCCC1. The lowest BCUT2D eigenvalue weighted by Crippen LogP contribution is -2.34. The number of nitrogens with two attached hydrogens (primary N) is 1. The van der Waals surface area contributed by atoms with Gasteiger partial charge in [-0.1, -0.05) is 26.7 Å². The van der Waals surface area contributed by atoms with Crippen molar-refractivity contribution in [3.8, 4) is 0 Å². The van der Waals surface area contributed by atoms with Crippen molar-refractivity contribution in [3.05, 3.63) is 0 Å². The molecule has 0 aromatic rings. The van der Waals surface area contributed by atoms with E-state index in [0.29, 0.717) is 18.6 Å². The minimum Gasteiger partial charge on any atom is -0.380 e. The molecule has 3 nitrogen and oxygen atoms in total. The highest BCUT2D eigenvalue weighted by molar-refractivity contribution is 4.87. The molecule has 0 aromatic heterocycles. The molecular weight excluding hydrogens is 224 g/mol. The van der Waals surface area contributed by atoms with Crippen LogP contribution in [0.15, 0.2) is 0 Å². The summed E-state index contributed by atoms with van der Waals surface area (Å²) >= 11 is 0. The maximum atomic E-state index is 5.38. The van der Waals surface area contributed by atoms with Crippen molar-refractivity contribution in [1.82, 2.24) is 5.32 Å². The predicted molar refractivity (Wildman–Crippen MR) is 77.7 cm³/mol. The van der Waals surface area contributed by atoms with Crippen molar-refractivity contribution in [3.63, 3.8) is 0 Å². The van der Waals surface area contributed by atoms with E-state index in [0.717, 1.165) is 25.5 Å². The number of nitrogens with one attached hydrogen (secondary N) is 1. The highest BCUT2D eigenvalue weighted by Gasteiger charge is 2.33. The normalized spacial score (nSPS) is 18.7. The van der Waals surface area contributed by atoms with Crippen molar-refractivity contribution in [2.45, 2.75) is 52.4 Å². The Bertz CT molecular complexity index is 201. The van der Waals surface area contributed by atoms with E-state index in [1.807, 2.05) is 0 Å². The van der Waals surface area contributed by atoms with Gasteiger partial charge in [-0.25, -0.2) is 0 Å². The zero-order valence-corrected chi connectivity index (χ0v) is 12.3. The third-order valence-corrected chi connectivity index (χ3v) is 3.91. The van der Waals surface area contributed by atoms with Gasteiger partial charge in [0.05, 0.1) is 6.61 Å². The summed E-state index contributed by atoms with van der Waals surface area (Å²) in [6.07, 6.45) is 8.16. The first-order chi connectivity index (χ1) is 8.68. The maximum Gasteiger partial charge on any atom is 0.0588 e. The Balaban J connectivity index is 2.11. The summed E-state index contributed by atoms with van der Waals surface area (Å²) in [5, 5.41) is 3.64. The Hall–Kier alpha value is -0.120. The topological polar surface area (TPSA) is 47.3 Å². The van der Waals surface area contributed by atoms with Gasteiger partial charge in [-0.3, -0.25) is 0 Å². The zero-order chi connectivity index (χ0) is 13.3. The second kappa shape index (κ2) is 8.89. The van der Waals surface area contributed by atoms with Gasteiger partial charge >= 0.3 is 0 Å². The molecule has 1 fully saturated rings. The summed E-state index contributed by atoms with van der Waals surface area (Å²) in [6, 6.07) is 0. The van der Waals surface area contributed by atoms with Crippen molar-refractivity contribution in [2.24, 2.45) is 17.1 Å². The Labute approximate surface area is 113 Å². The number of ether oxygens (including phenoxy) is 1. The van der Waals surface area contributed by atoms with Gasteiger partial charge in [0, 0.05) is 19.7 Å². The van der Waals surface area contributed by atoms with Gasteiger partial charge in [-0.15, -0.1) is 0 Å². The van der Waals surface area contributed by atoms with Crippen LogP contribution in [0.25, 0.3) is 0 Å². The second-order valence-corrected chi connectivity index (χ2v) is 6.24. The lowest BCUT2D eigenvalue weighted by molar-refractivity contribution is 0.137.